The largest absolute Gasteiger partial charge is 0.397 e. The SMILES string of the molecule is Nc1cc(F)c(Br)cc1NCCOCC1CC1. The highest BCUT2D eigenvalue weighted by atomic mass is 79.9. The summed E-state index contributed by atoms with van der Waals surface area (Å²) in [6, 6.07) is 2.95. The van der Waals surface area contributed by atoms with E-state index in [1.54, 1.807) is 6.07 Å². The Hall–Kier alpha value is -0.810. The second-order valence-corrected chi connectivity index (χ2v) is 5.15. The number of halogens is 2. The second-order valence-electron chi connectivity index (χ2n) is 4.30. The molecule has 2 rings (SSSR count). The Morgan fingerprint density at radius 1 is 1.47 bits per heavy atom. The first-order valence-electron chi connectivity index (χ1n) is 5.73. The molecule has 1 saturated carbocycles. The number of benzene rings is 1. The van der Waals surface area contributed by atoms with Gasteiger partial charge in [0.25, 0.3) is 0 Å². The Bertz CT molecular complexity index is 396. The molecule has 0 heterocycles. The number of anilines is 2. The second kappa shape index (κ2) is 5.69. The molecule has 0 saturated heterocycles. The van der Waals surface area contributed by atoms with Gasteiger partial charge in [0.2, 0.25) is 0 Å². The van der Waals surface area contributed by atoms with Crippen molar-refractivity contribution in [2.75, 3.05) is 30.8 Å². The molecule has 3 N–H and O–H groups in total. The predicted octanol–water partition coefficient (Wildman–Crippen LogP) is 3.01. The van der Waals surface area contributed by atoms with Crippen molar-refractivity contribution >= 4 is 27.3 Å². The van der Waals surface area contributed by atoms with Crippen molar-refractivity contribution in [2.24, 2.45) is 5.92 Å². The number of nitrogens with two attached hydrogens (primary N) is 1. The summed E-state index contributed by atoms with van der Waals surface area (Å²) in [7, 11) is 0. The molecule has 94 valence electrons. The minimum absolute atomic E-state index is 0.349. The van der Waals surface area contributed by atoms with Gasteiger partial charge < -0.3 is 15.8 Å². The molecular weight excluding hydrogens is 287 g/mol. The highest BCUT2D eigenvalue weighted by Crippen LogP contribution is 2.29. The fourth-order valence-electron chi connectivity index (χ4n) is 1.51. The highest BCUT2D eigenvalue weighted by Gasteiger charge is 2.20. The zero-order chi connectivity index (χ0) is 12.3. The Morgan fingerprint density at radius 2 is 2.24 bits per heavy atom. The topological polar surface area (TPSA) is 47.3 Å². The van der Waals surface area contributed by atoms with Gasteiger partial charge >= 0.3 is 0 Å². The lowest BCUT2D eigenvalue weighted by Crippen LogP contribution is -2.12. The van der Waals surface area contributed by atoms with Gasteiger partial charge in [0, 0.05) is 19.2 Å². The molecule has 1 aliphatic rings. The summed E-state index contributed by atoms with van der Waals surface area (Å²) < 4.78 is 19.0. The highest BCUT2D eigenvalue weighted by molar-refractivity contribution is 9.10. The van der Waals surface area contributed by atoms with E-state index in [0.717, 1.165) is 18.2 Å². The maximum absolute atomic E-state index is 13.1. The number of nitrogens with one attached hydrogen (secondary N) is 1. The normalized spacial score (nSPS) is 14.9. The van der Waals surface area contributed by atoms with E-state index in [9.17, 15) is 4.39 Å². The van der Waals surface area contributed by atoms with Crippen LogP contribution in [0.3, 0.4) is 0 Å². The van der Waals surface area contributed by atoms with Crippen LogP contribution in [0.5, 0.6) is 0 Å². The van der Waals surface area contributed by atoms with Gasteiger partial charge in [-0.25, -0.2) is 4.39 Å². The first-order valence-corrected chi connectivity index (χ1v) is 6.52. The molecule has 0 spiro atoms. The summed E-state index contributed by atoms with van der Waals surface area (Å²) >= 11 is 3.13. The molecule has 1 fully saturated rings. The smallest absolute Gasteiger partial charge is 0.139 e. The van der Waals surface area contributed by atoms with Crippen molar-refractivity contribution in [1.82, 2.24) is 0 Å². The van der Waals surface area contributed by atoms with Crippen molar-refractivity contribution in [3.63, 3.8) is 0 Å². The average Bonchev–Trinajstić information content (AvgIpc) is 3.08. The molecule has 0 amide bonds. The lowest BCUT2D eigenvalue weighted by atomic mass is 10.2. The quantitative estimate of drug-likeness (QED) is 0.627. The fraction of sp³-hybridized carbons (Fsp3) is 0.500. The molecule has 0 aromatic heterocycles. The molecule has 17 heavy (non-hydrogen) atoms. The van der Waals surface area contributed by atoms with Crippen LogP contribution >= 0.6 is 15.9 Å². The minimum Gasteiger partial charge on any atom is -0.397 e. The maximum Gasteiger partial charge on any atom is 0.139 e. The molecule has 1 aromatic carbocycles. The Morgan fingerprint density at radius 3 is 2.94 bits per heavy atom. The molecule has 0 aliphatic heterocycles. The van der Waals surface area contributed by atoms with Crippen LogP contribution in [0.25, 0.3) is 0 Å². The minimum atomic E-state index is -0.349. The van der Waals surface area contributed by atoms with Gasteiger partial charge in [0.05, 0.1) is 22.5 Å². The van der Waals surface area contributed by atoms with Gasteiger partial charge in [-0.3, -0.25) is 0 Å². The molecular formula is C12H16BrFN2O. The first-order chi connectivity index (χ1) is 8.16. The maximum atomic E-state index is 13.1. The summed E-state index contributed by atoms with van der Waals surface area (Å²) in [5, 5.41) is 3.13. The average molecular weight is 303 g/mol. The Balaban J connectivity index is 1.75. The van der Waals surface area contributed by atoms with Gasteiger partial charge in [-0.15, -0.1) is 0 Å². The van der Waals surface area contributed by atoms with Crippen molar-refractivity contribution in [3.05, 3.63) is 22.4 Å². The van der Waals surface area contributed by atoms with Crippen LogP contribution in [0.15, 0.2) is 16.6 Å². The number of hydrogen-bond donors (Lipinski definition) is 2. The van der Waals surface area contributed by atoms with Crippen LogP contribution in [-0.4, -0.2) is 19.8 Å². The summed E-state index contributed by atoms with van der Waals surface area (Å²) in [6.45, 7) is 2.17. The molecule has 0 unspecified atom stereocenters. The monoisotopic (exact) mass is 302 g/mol. The lowest BCUT2D eigenvalue weighted by Gasteiger charge is -2.10. The van der Waals surface area contributed by atoms with E-state index >= 15 is 0 Å². The van der Waals surface area contributed by atoms with Crippen molar-refractivity contribution in [2.45, 2.75) is 12.8 Å². The van der Waals surface area contributed by atoms with Gasteiger partial charge in [0.1, 0.15) is 5.82 Å². The van der Waals surface area contributed by atoms with E-state index in [-0.39, 0.29) is 5.82 Å². The summed E-state index contributed by atoms with van der Waals surface area (Å²) in [5.74, 6) is 0.429. The van der Waals surface area contributed by atoms with Crippen LogP contribution in [0.4, 0.5) is 15.8 Å². The fourth-order valence-corrected chi connectivity index (χ4v) is 1.85. The van der Waals surface area contributed by atoms with E-state index in [2.05, 4.69) is 21.2 Å². The molecule has 0 bridgehead atoms. The third kappa shape index (κ3) is 3.85. The number of rotatable bonds is 6. The van der Waals surface area contributed by atoms with Gasteiger partial charge in [0.15, 0.2) is 0 Å². The molecule has 0 radical (unpaired) electrons. The van der Waals surface area contributed by atoms with Crippen LogP contribution in [-0.2, 0) is 4.74 Å². The lowest BCUT2D eigenvalue weighted by molar-refractivity contribution is 0.134. The number of ether oxygens (including phenoxy) is 1. The Kier molecular flexibility index (Phi) is 4.23. The van der Waals surface area contributed by atoms with Crippen LogP contribution in [0.2, 0.25) is 0 Å². The van der Waals surface area contributed by atoms with Crippen LogP contribution < -0.4 is 11.1 Å². The van der Waals surface area contributed by atoms with Gasteiger partial charge in [-0.1, -0.05) is 0 Å². The van der Waals surface area contributed by atoms with Gasteiger partial charge in [-0.2, -0.15) is 0 Å². The zero-order valence-electron chi connectivity index (χ0n) is 9.51. The summed E-state index contributed by atoms with van der Waals surface area (Å²) in [4.78, 5) is 0. The Labute approximate surface area is 109 Å². The number of hydrogen-bond acceptors (Lipinski definition) is 3. The summed E-state index contributed by atoms with van der Waals surface area (Å²) in [6.07, 6.45) is 2.59. The molecule has 1 aromatic rings. The van der Waals surface area contributed by atoms with Gasteiger partial charge in [-0.05, 0) is 40.8 Å². The molecule has 3 nitrogen and oxygen atoms in total. The third-order valence-corrected chi connectivity index (χ3v) is 3.31. The van der Waals surface area contributed by atoms with Crippen molar-refractivity contribution in [1.29, 1.82) is 0 Å². The van der Waals surface area contributed by atoms with Crippen LogP contribution in [0.1, 0.15) is 12.8 Å². The van der Waals surface area contributed by atoms with E-state index < -0.39 is 0 Å². The van der Waals surface area contributed by atoms with Crippen LogP contribution in [0, 0.1) is 11.7 Å². The third-order valence-electron chi connectivity index (χ3n) is 2.70. The zero-order valence-corrected chi connectivity index (χ0v) is 11.1. The molecule has 1 aliphatic carbocycles. The van der Waals surface area contributed by atoms with E-state index in [4.69, 9.17) is 10.5 Å². The van der Waals surface area contributed by atoms with E-state index in [0.29, 0.717) is 23.3 Å². The predicted molar refractivity (Wildman–Crippen MR) is 70.5 cm³/mol. The summed E-state index contributed by atoms with van der Waals surface area (Å²) in [5.41, 5.74) is 6.84. The standard InChI is InChI=1S/C12H16BrFN2O/c13-9-5-12(11(15)6-10(9)14)16-3-4-17-7-8-1-2-8/h5-6,8,16H,1-4,7,15H2. The molecule has 5 heteroatoms. The molecule has 0 atom stereocenters. The first kappa shape index (κ1) is 12.6. The van der Waals surface area contributed by atoms with Crippen molar-refractivity contribution < 1.29 is 9.13 Å². The van der Waals surface area contributed by atoms with Crippen molar-refractivity contribution in [3.8, 4) is 0 Å². The van der Waals surface area contributed by atoms with E-state index in [1.165, 1.54) is 18.9 Å². The number of nitrogen functional groups attached to an aromatic ring is 1. The van der Waals surface area contributed by atoms with E-state index in [1.807, 2.05) is 0 Å².